The Kier molecular flexibility index (Phi) is 4.53. The minimum atomic E-state index is -0.584. The second-order valence-electron chi connectivity index (χ2n) is 7.40. The SMILES string of the molecule is COc1ccc(C2(c3ccc(C)cc3)c3ccc(Cl)nc3-c3nc(Cl)ccc32)cc1. The maximum atomic E-state index is 6.29. The first kappa shape index (κ1) is 19.1. The molecule has 0 bridgehead atoms. The molecule has 0 N–H and O–H groups in total. The van der Waals surface area contributed by atoms with Crippen molar-refractivity contribution >= 4 is 23.2 Å². The Morgan fingerprint density at radius 2 is 1.13 bits per heavy atom. The van der Waals surface area contributed by atoms with Gasteiger partial charge in [-0.2, -0.15) is 0 Å². The average Bonchev–Trinajstić information content (AvgIpc) is 3.04. The molecular formula is C25H18Cl2N2O. The summed E-state index contributed by atoms with van der Waals surface area (Å²) in [6, 6.07) is 24.5. The van der Waals surface area contributed by atoms with Gasteiger partial charge in [0, 0.05) is 0 Å². The van der Waals surface area contributed by atoms with Crippen LogP contribution in [0.25, 0.3) is 11.4 Å². The maximum Gasteiger partial charge on any atom is 0.129 e. The van der Waals surface area contributed by atoms with Gasteiger partial charge in [0.1, 0.15) is 16.1 Å². The van der Waals surface area contributed by atoms with Crippen LogP contribution in [0.15, 0.2) is 72.8 Å². The number of aromatic nitrogens is 2. The number of ether oxygens (including phenoxy) is 1. The molecule has 0 unspecified atom stereocenters. The summed E-state index contributed by atoms with van der Waals surface area (Å²) in [4.78, 5) is 9.31. The van der Waals surface area contributed by atoms with E-state index >= 15 is 0 Å². The van der Waals surface area contributed by atoms with Gasteiger partial charge in [0.2, 0.25) is 0 Å². The number of rotatable bonds is 3. The molecule has 0 saturated carbocycles. The quantitative estimate of drug-likeness (QED) is 0.306. The number of pyridine rings is 2. The van der Waals surface area contributed by atoms with E-state index in [9.17, 15) is 0 Å². The van der Waals surface area contributed by atoms with Crippen LogP contribution in [-0.2, 0) is 5.41 Å². The molecule has 0 fully saturated rings. The van der Waals surface area contributed by atoms with Crippen molar-refractivity contribution in [2.24, 2.45) is 0 Å². The third kappa shape index (κ3) is 2.73. The summed E-state index contributed by atoms with van der Waals surface area (Å²) < 4.78 is 5.40. The molecule has 0 atom stereocenters. The molecular weight excluding hydrogens is 415 g/mol. The molecule has 0 saturated heterocycles. The van der Waals surface area contributed by atoms with Crippen LogP contribution in [0.2, 0.25) is 10.3 Å². The lowest BCUT2D eigenvalue weighted by Crippen LogP contribution is -2.28. The van der Waals surface area contributed by atoms with Gasteiger partial charge in [0.15, 0.2) is 0 Å². The lowest BCUT2D eigenvalue weighted by molar-refractivity contribution is 0.414. The first-order valence-electron chi connectivity index (χ1n) is 9.60. The van der Waals surface area contributed by atoms with Gasteiger partial charge in [0.25, 0.3) is 0 Å². The fourth-order valence-corrected chi connectivity index (χ4v) is 4.71. The number of hydrogen-bond acceptors (Lipinski definition) is 3. The van der Waals surface area contributed by atoms with Crippen molar-refractivity contribution in [2.45, 2.75) is 12.3 Å². The van der Waals surface area contributed by atoms with E-state index in [4.69, 9.17) is 27.9 Å². The number of nitrogens with zero attached hydrogens (tertiary/aromatic N) is 2. The number of fused-ring (bicyclic) bond motifs is 3. The first-order valence-corrected chi connectivity index (χ1v) is 10.4. The molecule has 30 heavy (non-hydrogen) atoms. The van der Waals surface area contributed by atoms with E-state index in [-0.39, 0.29) is 0 Å². The maximum absolute atomic E-state index is 6.29. The standard InChI is InChI=1S/C25H18Cl2N2O/c1-15-3-5-16(6-4-15)25(17-7-9-18(30-2)10-8-17)19-11-13-21(26)28-23(19)24-20(25)12-14-22(27)29-24/h3-14H,1-2H3. The highest BCUT2D eigenvalue weighted by molar-refractivity contribution is 6.30. The highest BCUT2D eigenvalue weighted by Gasteiger charge is 2.48. The number of methoxy groups -OCH3 is 1. The van der Waals surface area contributed by atoms with E-state index in [1.165, 1.54) is 5.56 Å². The molecule has 4 aromatic rings. The summed E-state index contributed by atoms with van der Waals surface area (Å²) in [5.74, 6) is 0.805. The van der Waals surface area contributed by atoms with Crippen LogP contribution in [0, 0.1) is 6.92 Å². The molecule has 1 aliphatic carbocycles. The lowest BCUT2D eigenvalue weighted by atomic mass is 9.68. The minimum absolute atomic E-state index is 0.427. The Morgan fingerprint density at radius 3 is 1.60 bits per heavy atom. The molecule has 3 nitrogen and oxygen atoms in total. The largest absolute Gasteiger partial charge is 0.497 e. The minimum Gasteiger partial charge on any atom is -0.497 e. The van der Waals surface area contributed by atoms with E-state index < -0.39 is 5.41 Å². The van der Waals surface area contributed by atoms with Crippen molar-refractivity contribution in [1.82, 2.24) is 9.97 Å². The first-order chi connectivity index (χ1) is 14.5. The fourth-order valence-electron chi connectivity index (χ4n) is 4.42. The Bertz CT molecular complexity index is 1200. The second-order valence-corrected chi connectivity index (χ2v) is 8.18. The molecule has 2 aromatic carbocycles. The van der Waals surface area contributed by atoms with Gasteiger partial charge < -0.3 is 4.74 Å². The van der Waals surface area contributed by atoms with E-state index in [1.54, 1.807) is 7.11 Å². The van der Waals surface area contributed by atoms with Gasteiger partial charge in [-0.3, -0.25) is 0 Å². The van der Waals surface area contributed by atoms with Gasteiger partial charge in [0.05, 0.1) is 23.9 Å². The molecule has 2 aromatic heterocycles. The number of hydrogen-bond donors (Lipinski definition) is 0. The zero-order chi connectivity index (χ0) is 20.9. The Balaban J connectivity index is 1.92. The van der Waals surface area contributed by atoms with Gasteiger partial charge in [-0.15, -0.1) is 0 Å². The summed E-state index contributed by atoms with van der Waals surface area (Å²) in [6.07, 6.45) is 0. The Morgan fingerprint density at radius 1 is 0.667 bits per heavy atom. The normalized spacial score (nSPS) is 13.6. The number of benzene rings is 2. The molecule has 5 heteroatoms. The summed E-state index contributed by atoms with van der Waals surface area (Å²) in [6.45, 7) is 2.09. The van der Waals surface area contributed by atoms with Crippen molar-refractivity contribution in [3.05, 3.63) is 111 Å². The second kappa shape index (κ2) is 7.12. The zero-order valence-electron chi connectivity index (χ0n) is 16.5. The van der Waals surface area contributed by atoms with Crippen LogP contribution in [-0.4, -0.2) is 17.1 Å². The van der Waals surface area contributed by atoms with Gasteiger partial charge in [-0.1, -0.05) is 77.3 Å². The monoisotopic (exact) mass is 432 g/mol. The van der Waals surface area contributed by atoms with Crippen molar-refractivity contribution in [3.63, 3.8) is 0 Å². The zero-order valence-corrected chi connectivity index (χ0v) is 18.0. The average molecular weight is 433 g/mol. The predicted molar refractivity (Wildman–Crippen MR) is 121 cm³/mol. The highest BCUT2D eigenvalue weighted by Crippen LogP contribution is 2.55. The van der Waals surface area contributed by atoms with Gasteiger partial charge in [-0.25, -0.2) is 9.97 Å². The molecule has 0 aliphatic heterocycles. The van der Waals surface area contributed by atoms with Crippen LogP contribution in [0.4, 0.5) is 0 Å². The summed E-state index contributed by atoms with van der Waals surface area (Å²) in [5.41, 5.74) is 6.43. The fraction of sp³-hybridized carbons (Fsp3) is 0.120. The molecule has 0 amide bonds. The summed E-state index contributed by atoms with van der Waals surface area (Å²) in [7, 11) is 1.67. The summed E-state index contributed by atoms with van der Waals surface area (Å²) >= 11 is 12.6. The van der Waals surface area contributed by atoms with Crippen LogP contribution < -0.4 is 4.74 Å². The predicted octanol–water partition coefficient (Wildman–Crippen LogP) is 6.46. The van der Waals surface area contributed by atoms with E-state index in [0.717, 1.165) is 39.4 Å². The molecule has 2 heterocycles. The van der Waals surface area contributed by atoms with Crippen molar-refractivity contribution in [2.75, 3.05) is 7.11 Å². The molecule has 0 spiro atoms. The Labute approximate surface area is 185 Å². The lowest BCUT2D eigenvalue weighted by Gasteiger charge is -2.33. The molecule has 148 valence electrons. The van der Waals surface area contributed by atoms with E-state index in [2.05, 4.69) is 53.3 Å². The topological polar surface area (TPSA) is 35.0 Å². The van der Waals surface area contributed by atoms with Crippen molar-refractivity contribution in [3.8, 4) is 17.1 Å². The summed E-state index contributed by atoms with van der Waals surface area (Å²) in [5, 5.41) is 0.854. The van der Waals surface area contributed by atoms with E-state index in [0.29, 0.717) is 10.3 Å². The highest BCUT2D eigenvalue weighted by atomic mass is 35.5. The molecule has 5 rings (SSSR count). The third-order valence-electron chi connectivity index (χ3n) is 5.76. The van der Waals surface area contributed by atoms with E-state index in [1.807, 2.05) is 36.4 Å². The Hall–Kier alpha value is -2.88. The molecule has 0 radical (unpaired) electrons. The van der Waals surface area contributed by atoms with Crippen molar-refractivity contribution in [1.29, 1.82) is 0 Å². The van der Waals surface area contributed by atoms with Crippen LogP contribution in [0.1, 0.15) is 27.8 Å². The van der Waals surface area contributed by atoms with Crippen LogP contribution in [0.5, 0.6) is 5.75 Å². The van der Waals surface area contributed by atoms with Gasteiger partial charge >= 0.3 is 0 Å². The molecule has 1 aliphatic rings. The van der Waals surface area contributed by atoms with Gasteiger partial charge in [-0.05, 0) is 53.4 Å². The van der Waals surface area contributed by atoms with Crippen LogP contribution in [0.3, 0.4) is 0 Å². The smallest absolute Gasteiger partial charge is 0.129 e. The third-order valence-corrected chi connectivity index (χ3v) is 6.18. The number of halogens is 2. The van der Waals surface area contributed by atoms with Crippen molar-refractivity contribution < 1.29 is 4.74 Å². The van der Waals surface area contributed by atoms with Crippen LogP contribution >= 0.6 is 23.2 Å². The number of aryl methyl sites for hydroxylation is 1.